The second-order valence-corrected chi connectivity index (χ2v) is 24.6. The maximum atomic E-state index is 12.5. The lowest BCUT2D eigenvalue weighted by Gasteiger charge is -2.20. The van der Waals surface area contributed by atoms with E-state index in [1.165, 1.54) is 315 Å². The van der Waals surface area contributed by atoms with Crippen molar-refractivity contribution >= 4 is 11.9 Å². The van der Waals surface area contributed by atoms with E-state index in [0.29, 0.717) is 19.4 Å². The minimum absolute atomic E-state index is 0.000126. The van der Waals surface area contributed by atoms with Crippen molar-refractivity contribution in [1.29, 1.82) is 0 Å². The van der Waals surface area contributed by atoms with Gasteiger partial charge in [-0.15, -0.1) is 0 Å². The zero-order chi connectivity index (χ0) is 57.1. The molecule has 0 aliphatic rings. The standard InChI is InChI=1S/C73H139NO5/c1-3-5-7-9-11-13-15-17-18-19-20-21-22-23-26-29-32-35-38-42-45-49-53-57-61-65-71(76)70(69-75)74-72(77)66-62-58-54-50-46-43-39-36-33-30-27-24-25-28-31-34-37-40-44-48-52-56-60-64-68-79-73(78)67-63-59-55-51-47-41-16-14-12-10-8-6-4-2/h8,10,14,16,61,65,70-71,75-76H,3-7,9,11-13,15,17-60,62-64,66-69H2,1-2H3,(H,74,77)/b10-8-,16-14-,65-61+. The van der Waals surface area contributed by atoms with Crippen molar-refractivity contribution in [2.24, 2.45) is 0 Å². The lowest BCUT2D eigenvalue weighted by atomic mass is 10.0. The maximum absolute atomic E-state index is 12.5. The Kier molecular flexibility index (Phi) is 66.9. The zero-order valence-corrected chi connectivity index (χ0v) is 53.4. The van der Waals surface area contributed by atoms with Gasteiger partial charge in [0.05, 0.1) is 25.4 Å². The summed E-state index contributed by atoms with van der Waals surface area (Å²) in [6.07, 6.45) is 88.0. The van der Waals surface area contributed by atoms with Gasteiger partial charge in [-0.05, 0) is 57.8 Å². The third-order valence-electron chi connectivity index (χ3n) is 16.6. The molecule has 0 aliphatic heterocycles. The van der Waals surface area contributed by atoms with Crippen molar-refractivity contribution in [3.8, 4) is 0 Å². The van der Waals surface area contributed by atoms with Gasteiger partial charge in [0, 0.05) is 12.8 Å². The third kappa shape index (κ3) is 65.1. The number of aliphatic hydroxyl groups excluding tert-OH is 2. The number of esters is 1. The highest BCUT2D eigenvalue weighted by Crippen LogP contribution is 2.19. The molecule has 466 valence electrons. The largest absolute Gasteiger partial charge is 0.466 e. The highest BCUT2D eigenvalue weighted by molar-refractivity contribution is 5.76. The Balaban J connectivity index is 3.40. The summed E-state index contributed by atoms with van der Waals surface area (Å²) in [6.45, 7) is 4.87. The number of nitrogens with one attached hydrogen (secondary N) is 1. The van der Waals surface area contributed by atoms with Crippen LogP contribution in [0.4, 0.5) is 0 Å². The maximum Gasteiger partial charge on any atom is 0.305 e. The number of amides is 1. The molecule has 0 saturated carbocycles. The average Bonchev–Trinajstić information content (AvgIpc) is 3.45. The summed E-state index contributed by atoms with van der Waals surface area (Å²) in [7, 11) is 0. The SMILES string of the molecule is CCC/C=C\C/C=C\CCCCCCCC(=O)OCCCCCCCCCCCCCCCCCCCCCCCCCCC(=O)NC(CO)C(O)/C=C/CCCCCCCCCCCCCCCCCCCCCCCCC. The highest BCUT2D eigenvalue weighted by atomic mass is 16.5. The van der Waals surface area contributed by atoms with Gasteiger partial charge in [0.15, 0.2) is 0 Å². The molecule has 6 heteroatoms. The predicted octanol–water partition coefficient (Wildman–Crippen LogP) is 23.1. The molecule has 0 aromatic heterocycles. The number of aliphatic hydroxyl groups is 2. The predicted molar refractivity (Wildman–Crippen MR) is 347 cm³/mol. The molecule has 0 heterocycles. The van der Waals surface area contributed by atoms with Crippen LogP contribution in [-0.2, 0) is 14.3 Å². The van der Waals surface area contributed by atoms with Crippen LogP contribution in [0.25, 0.3) is 0 Å². The van der Waals surface area contributed by atoms with Gasteiger partial charge in [0.2, 0.25) is 5.91 Å². The molecule has 1 amide bonds. The number of unbranched alkanes of at least 4 members (excludes halogenated alkanes) is 52. The summed E-state index contributed by atoms with van der Waals surface area (Å²) >= 11 is 0. The van der Waals surface area contributed by atoms with E-state index >= 15 is 0 Å². The first kappa shape index (κ1) is 77.1. The molecule has 0 spiro atoms. The molecule has 0 bridgehead atoms. The van der Waals surface area contributed by atoms with E-state index in [2.05, 4.69) is 43.5 Å². The van der Waals surface area contributed by atoms with Gasteiger partial charge in [0.25, 0.3) is 0 Å². The lowest BCUT2D eigenvalue weighted by molar-refractivity contribution is -0.143. The summed E-state index contributed by atoms with van der Waals surface area (Å²) in [5.41, 5.74) is 0. The van der Waals surface area contributed by atoms with Gasteiger partial charge in [-0.3, -0.25) is 9.59 Å². The molecule has 2 unspecified atom stereocenters. The Morgan fingerprint density at radius 2 is 0.658 bits per heavy atom. The van der Waals surface area contributed by atoms with Crippen LogP contribution in [0.1, 0.15) is 393 Å². The summed E-state index contributed by atoms with van der Waals surface area (Å²) in [6, 6.07) is -0.629. The van der Waals surface area contributed by atoms with Gasteiger partial charge >= 0.3 is 5.97 Å². The monoisotopic (exact) mass is 1110 g/mol. The fourth-order valence-corrected chi connectivity index (χ4v) is 11.2. The topological polar surface area (TPSA) is 95.9 Å². The van der Waals surface area contributed by atoms with E-state index in [9.17, 15) is 19.8 Å². The van der Waals surface area contributed by atoms with E-state index in [0.717, 1.165) is 51.4 Å². The molecule has 0 aromatic carbocycles. The Morgan fingerprint density at radius 1 is 0.354 bits per heavy atom. The van der Waals surface area contributed by atoms with Crippen LogP contribution in [0.3, 0.4) is 0 Å². The van der Waals surface area contributed by atoms with Crippen molar-refractivity contribution in [3.63, 3.8) is 0 Å². The average molecular weight is 1110 g/mol. The van der Waals surface area contributed by atoms with E-state index in [1.807, 2.05) is 6.08 Å². The summed E-state index contributed by atoms with van der Waals surface area (Å²) in [5, 5.41) is 23.3. The Morgan fingerprint density at radius 3 is 1.01 bits per heavy atom. The van der Waals surface area contributed by atoms with E-state index in [-0.39, 0.29) is 18.5 Å². The number of hydrogen-bond acceptors (Lipinski definition) is 5. The first-order valence-corrected chi connectivity index (χ1v) is 35.8. The van der Waals surface area contributed by atoms with Gasteiger partial charge < -0.3 is 20.3 Å². The Bertz CT molecular complexity index is 1280. The van der Waals surface area contributed by atoms with Crippen molar-refractivity contribution in [2.45, 2.75) is 405 Å². The second kappa shape index (κ2) is 68.6. The smallest absolute Gasteiger partial charge is 0.305 e. The van der Waals surface area contributed by atoms with Gasteiger partial charge in [-0.1, -0.05) is 359 Å². The van der Waals surface area contributed by atoms with E-state index < -0.39 is 12.1 Å². The van der Waals surface area contributed by atoms with Crippen LogP contribution in [0.5, 0.6) is 0 Å². The van der Waals surface area contributed by atoms with Gasteiger partial charge in [0.1, 0.15) is 0 Å². The molecule has 2 atom stereocenters. The third-order valence-corrected chi connectivity index (χ3v) is 16.6. The molecule has 0 aromatic rings. The quantitative estimate of drug-likeness (QED) is 0.0320. The Hall–Kier alpha value is -1.92. The first-order chi connectivity index (χ1) is 39.0. The second-order valence-electron chi connectivity index (χ2n) is 24.6. The van der Waals surface area contributed by atoms with Gasteiger partial charge in [-0.25, -0.2) is 0 Å². The first-order valence-electron chi connectivity index (χ1n) is 35.8. The van der Waals surface area contributed by atoms with Crippen molar-refractivity contribution in [1.82, 2.24) is 5.32 Å². The van der Waals surface area contributed by atoms with Crippen molar-refractivity contribution < 1.29 is 24.5 Å². The molecule has 6 nitrogen and oxygen atoms in total. The molecule has 0 rings (SSSR count). The number of carbonyl (C=O) groups excluding carboxylic acids is 2. The minimum atomic E-state index is -0.846. The highest BCUT2D eigenvalue weighted by Gasteiger charge is 2.18. The van der Waals surface area contributed by atoms with Crippen LogP contribution in [0, 0.1) is 0 Å². The van der Waals surface area contributed by atoms with Crippen LogP contribution in [0.15, 0.2) is 36.5 Å². The molecular weight excluding hydrogens is 971 g/mol. The normalized spacial score (nSPS) is 12.7. The van der Waals surface area contributed by atoms with E-state index in [4.69, 9.17) is 4.74 Å². The number of rotatable bonds is 67. The van der Waals surface area contributed by atoms with Crippen LogP contribution in [0.2, 0.25) is 0 Å². The Labute approximate surface area is 494 Å². The lowest BCUT2D eigenvalue weighted by Crippen LogP contribution is -2.45. The van der Waals surface area contributed by atoms with E-state index in [1.54, 1.807) is 6.08 Å². The van der Waals surface area contributed by atoms with Crippen LogP contribution in [-0.4, -0.2) is 47.4 Å². The molecule has 79 heavy (non-hydrogen) atoms. The number of ether oxygens (including phenoxy) is 1. The summed E-state index contributed by atoms with van der Waals surface area (Å²) < 4.78 is 5.48. The number of carbonyl (C=O) groups is 2. The molecule has 0 radical (unpaired) electrons. The molecule has 0 fully saturated rings. The van der Waals surface area contributed by atoms with Crippen molar-refractivity contribution in [2.75, 3.05) is 13.2 Å². The fraction of sp³-hybridized carbons (Fsp3) is 0.890. The van der Waals surface area contributed by atoms with Gasteiger partial charge in [-0.2, -0.15) is 0 Å². The molecule has 0 aliphatic carbocycles. The minimum Gasteiger partial charge on any atom is -0.466 e. The molecule has 0 saturated heterocycles. The number of allylic oxidation sites excluding steroid dienone is 5. The van der Waals surface area contributed by atoms with Crippen molar-refractivity contribution in [3.05, 3.63) is 36.5 Å². The summed E-state index contributed by atoms with van der Waals surface area (Å²) in [5.74, 6) is -0.0626. The molecule has 3 N–H and O–H groups in total. The zero-order valence-electron chi connectivity index (χ0n) is 53.4. The van der Waals surface area contributed by atoms with Crippen LogP contribution >= 0.6 is 0 Å². The fourth-order valence-electron chi connectivity index (χ4n) is 11.2. The number of hydrogen-bond donors (Lipinski definition) is 3. The van der Waals surface area contributed by atoms with Crippen LogP contribution < -0.4 is 5.32 Å². The molecular formula is C73H139NO5. The summed E-state index contributed by atoms with van der Waals surface area (Å²) in [4.78, 5) is 24.6.